The Labute approximate surface area is 115 Å². The minimum atomic E-state index is -0.319. The number of primary amides is 1. The first-order chi connectivity index (χ1) is 8.63. The molecule has 0 spiro atoms. The minimum absolute atomic E-state index is 0.232. The fourth-order valence-electron chi connectivity index (χ4n) is 1.38. The van der Waals surface area contributed by atoms with Crippen LogP contribution in [0.2, 0.25) is 0 Å². The third-order valence-electron chi connectivity index (χ3n) is 2.20. The van der Waals surface area contributed by atoms with Crippen molar-refractivity contribution < 1.29 is 9.53 Å². The van der Waals surface area contributed by atoms with Crippen LogP contribution in [-0.4, -0.2) is 19.1 Å². The van der Waals surface area contributed by atoms with Gasteiger partial charge in [0.15, 0.2) is 0 Å². The number of amides is 1. The topological polar surface area (TPSA) is 64.3 Å². The summed E-state index contributed by atoms with van der Waals surface area (Å²) in [7, 11) is 0. The Morgan fingerprint density at radius 2 is 2.33 bits per heavy atom. The Morgan fingerprint density at radius 3 is 3.00 bits per heavy atom. The summed E-state index contributed by atoms with van der Waals surface area (Å²) in [6.07, 6.45) is 5.47. The van der Waals surface area contributed by atoms with Gasteiger partial charge in [-0.2, -0.15) is 0 Å². The number of benzene rings is 1. The predicted molar refractivity (Wildman–Crippen MR) is 74.0 cm³/mol. The third-order valence-corrected chi connectivity index (χ3v) is 2.69. The molecule has 0 bridgehead atoms. The van der Waals surface area contributed by atoms with Crippen molar-refractivity contribution in [2.75, 3.05) is 13.2 Å². The van der Waals surface area contributed by atoms with Gasteiger partial charge in [0.1, 0.15) is 12.4 Å². The van der Waals surface area contributed by atoms with Gasteiger partial charge in [0.25, 0.3) is 0 Å². The molecule has 0 fully saturated rings. The molecule has 4 nitrogen and oxygen atoms in total. The molecule has 0 aliphatic rings. The largest absolute Gasteiger partial charge is 0.481 e. The highest BCUT2D eigenvalue weighted by Crippen LogP contribution is 2.23. The smallest absolute Gasteiger partial charge is 0.218 e. The molecule has 0 unspecified atom stereocenters. The summed E-state index contributed by atoms with van der Waals surface area (Å²) < 4.78 is 6.39. The van der Waals surface area contributed by atoms with E-state index >= 15 is 0 Å². The third kappa shape index (κ3) is 5.21. The number of rotatable bonds is 7. The molecule has 0 saturated carbocycles. The Bertz CT molecular complexity index is 455. The Balaban J connectivity index is 2.58. The molecule has 1 amide bonds. The van der Waals surface area contributed by atoms with Gasteiger partial charge in [0.2, 0.25) is 5.91 Å². The van der Waals surface area contributed by atoms with Gasteiger partial charge in [-0.1, -0.05) is 21.9 Å². The molecule has 0 heterocycles. The van der Waals surface area contributed by atoms with E-state index in [1.54, 1.807) is 0 Å². The van der Waals surface area contributed by atoms with Gasteiger partial charge in [0.05, 0.1) is 0 Å². The van der Waals surface area contributed by atoms with Gasteiger partial charge in [-0.15, -0.1) is 6.42 Å². The lowest BCUT2D eigenvalue weighted by Gasteiger charge is -2.11. The highest BCUT2D eigenvalue weighted by atomic mass is 79.9. The molecule has 0 radical (unpaired) electrons. The highest BCUT2D eigenvalue weighted by molar-refractivity contribution is 9.10. The summed E-state index contributed by atoms with van der Waals surface area (Å²) in [5.41, 5.74) is 6.03. The maximum absolute atomic E-state index is 10.6. The number of hydrogen-bond donors (Lipinski definition) is 2. The molecule has 3 N–H and O–H groups in total. The van der Waals surface area contributed by atoms with Crippen LogP contribution in [0, 0.1) is 12.3 Å². The van der Waals surface area contributed by atoms with E-state index < -0.39 is 0 Å². The monoisotopic (exact) mass is 310 g/mol. The van der Waals surface area contributed by atoms with Crippen LogP contribution in [-0.2, 0) is 11.3 Å². The number of nitrogens with one attached hydrogen (secondary N) is 1. The van der Waals surface area contributed by atoms with Crippen LogP contribution in [0.15, 0.2) is 22.7 Å². The Hall–Kier alpha value is -1.51. The van der Waals surface area contributed by atoms with E-state index in [1.807, 2.05) is 18.2 Å². The molecule has 1 rings (SSSR count). The van der Waals surface area contributed by atoms with E-state index in [9.17, 15) is 4.79 Å². The summed E-state index contributed by atoms with van der Waals surface area (Å²) in [4.78, 5) is 10.6. The average molecular weight is 311 g/mol. The van der Waals surface area contributed by atoms with Crippen LogP contribution in [0.4, 0.5) is 0 Å². The predicted octanol–water partition coefficient (Wildman–Crippen LogP) is 1.43. The van der Waals surface area contributed by atoms with E-state index in [4.69, 9.17) is 16.9 Å². The SMILES string of the molecule is C#CCOc1ccc(Br)cc1CNCCC(N)=O. The van der Waals surface area contributed by atoms with Gasteiger partial charge < -0.3 is 15.8 Å². The van der Waals surface area contributed by atoms with E-state index in [2.05, 4.69) is 27.2 Å². The zero-order valence-corrected chi connectivity index (χ0v) is 11.5. The van der Waals surface area contributed by atoms with Gasteiger partial charge >= 0.3 is 0 Å². The number of nitrogens with two attached hydrogens (primary N) is 1. The first-order valence-electron chi connectivity index (χ1n) is 5.47. The molecule has 96 valence electrons. The van der Waals surface area contributed by atoms with Crippen molar-refractivity contribution >= 4 is 21.8 Å². The van der Waals surface area contributed by atoms with Gasteiger partial charge in [-0.3, -0.25) is 4.79 Å². The van der Waals surface area contributed by atoms with Crippen molar-refractivity contribution in [3.63, 3.8) is 0 Å². The quantitative estimate of drug-likeness (QED) is 0.591. The zero-order chi connectivity index (χ0) is 13.4. The van der Waals surface area contributed by atoms with Crippen molar-refractivity contribution in [2.45, 2.75) is 13.0 Å². The second-order valence-corrected chi connectivity index (χ2v) is 4.55. The molecule has 18 heavy (non-hydrogen) atoms. The van der Waals surface area contributed by atoms with E-state index in [-0.39, 0.29) is 12.5 Å². The Morgan fingerprint density at radius 1 is 1.56 bits per heavy atom. The van der Waals surface area contributed by atoms with Gasteiger partial charge in [-0.25, -0.2) is 0 Å². The fraction of sp³-hybridized carbons (Fsp3) is 0.308. The molecule has 0 aliphatic carbocycles. The van der Waals surface area contributed by atoms with Crippen molar-refractivity contribution in [2.24, 2.45) is 5.73 Å². The van der Waals surface area contributed by atoms with Crippen LogP contribution < -0.4 is 15.8 Å². The molecule has 1 aromatic rings. The van der Waals surface area contributed by atoms with Crippen LogP contribution in [0.25, 0.3) is 0 Å². The molecule has 0 saturated heterocycles. The Kier molecular flexibility index (Phi) is 6.26. The summed E-state index contributed by atoms with van der Waals surface area (Å²) in [5.74, 6) is 2.84. The van der Waals surface area contributed by atoms with Gasteiger partial charge in [-0.05, 0) is 18.2 Å². The van der Waals surface area contributed by atoms with E-state index in [1.165, 1.54) is 0 Å². The lowest BCUT2D eigenvalue weighted by molar-refractivity contribution is -0.117. The second-order valence-electron chi connectivity index (χ2n) is 3.64. The standard InChI is InChI=1S/C13H15BrN2O2/c1-2-7-18-12-4-3-11(14)8-10(12)9-16-6-5-13(15)17/h1,3-4,8,16H,5-7,9H2,(H2,15,17). The molecular weight excluding hydrogens is 296 g/mol. The molecule has 0 aromatic heterocycles. The summed E-state index contributed by atoms with van der Waals surface area (Å²) in [6.45, 7) is 1.36. The van der Waals surface area contributed by atoms with Crippen molar-refractivity contribution in [3.8, 4) is 18.1 Å². The average Bonchev–Trinajstić information content (AvgIpc) is 2.33. The normalized spacial score (nSPS) is 9.78. The maximum atomic E-state index is 10.6. The van der Waals surface area contributed by atoms with Crippen molar-refractivity contribution in [3.05, 3.63) is 28.2 Å². The molecule has 0 aliphatic heterocycles. The first kappa shape index (κ1) is 14.6. The number of terminal acetylenes is 1. The lowest BCUT2D eigenvalue weighted by atomic mass is 10.2. The fourth-order valence-corrected chi connectivity index (χ4v) is 1.79. The molecule has 5 heteroatoms. The summed E-state index contributed by atoms with van der Waals surface area (Å²) in [6, 6.07) is 5.69. The molecule has 1 aromatic carbocycles. The van der Waals surface area contributed by atoms with Crippen LogP contribution in [0.3, 0.4) is 0 Å². The van der Waals surface area contributed by atoms with E-state index in [0.717, 1.165) is 15.8 Å². The number of hydrogen-bond acceptors (Lipinski definition) is 3. The van der Waals surface area contributed by atoms with Crippen LogP contribution in [0.5, 0.6) is 5.75 Å². The number of carbonyl (C=O) groups excluding carboxylic acids is 1. The van der Waals surface area contributed by atoms with Crippen LogP contribution in [0.1, 0.15) is 12.0 Å². The number of ether oxygens (including phenoxy) is 1. The van der Waals surface area contributed by atoms with E-state index in [0.29, 0.717) is 19.5 Å². The van der Waals surface area contributed by atoms with Crippen molar-refractivity contribution in [1.82, 2.24) is 5.32 Å². The van der Waals surface area contributed by atoms with Gasteiger partial charge in [0, 0.05) is 29.5 Å². The van der Waals surface area contributed by atoms with Crippen LogP contribution >= 0.6 is 15.9 Å². The highest BCUT2D eigenvalue weighted by Gasteiger charge is 2.04. The molecule has 0 atom stereocenters. The zero-order valence-electron chi connectivity index (χ0n) is 9.91. The first-order valence-corrected chi connectivity index (χ1v) is 6.26. The van der Waals surface area contributed by atoms with Crippen molar-refractivity contribution in [1.29, 1.82) is 0 Å². The molecular formula is C13H15BrN2O2. The summed E-state index contributed by atoms with van der Waals surface area (Å²) in [5, 5.41) is 3.12. The maximum Gasteiger partial charge on any atom is 0.218 e. The number of halogens is 1. The second kappa shape index (κ2) is 7.75. The minimum Gasteiger partial charge on any atom is -0.481 e. The lowest BCUT2D eigenvalue weighted by Crippen LogP contribution is -2.21. The number of carbonyl (C=O) groups is 1. The summed E-state index contributed by atoms with van der Waals surface area (Å²) >= 11 is 3.40.